The number of hydrogen-bond acceptors (Lipinski definition) is 2. The lowest BCUT2D eigenvalue weighted by molar-refractivity contribution is 0.207. The molecule has 0 N–H and O–H groups in total. The number of rotatable bonds is 4. The maximum absolute atomic E-state index is 4.25. The van der Waals surface area contributed by atoms with Gasteiger partial charge in [0.2, 0.25) is 0 Å². The smallest absolute Gasteiger partial charge is 0.0155 e. The molecule has 0 amide bonds. The first-order chi connectivity index (χ1) is 4.63. The molecule has 0 unspecified atom stereocenters. The van der Waals surface area contributed by atoms with Crippen molar-refractivity contribution in [2.45, 2.75) is 39.3 Å². The van der Waals surface area contributed by atoms with Gasteiger partial charge in [-0.15, -0.1) is 0 Å². The van der Waals surface area contributed by atoms with Crippen molar-refractivity contribution in [1.29, 1.82) is 0 Å². The second-order valence-electron chi connectivity index (χ2n) is 2.95. The standard InChI is InChI=1S/C8H19NS/c1-5-7(2)9(4)8(3)6-10/h7-8,10H,5-6H2,1-4H3/t7-,8-/m1/s1. The van der Waals surface area contributed by atoms with Gasteiger partial charge in [-0.2, -0.15) is 12.6 Å². The van der Waals surface area contributed by atoms with Crippen molar-refractivity contribution in [2.75, 3.05) is 12.8 Å². The van der Waals surface area contributed by atoms with E-state index in [0.717, 1.165) is 5.75 Å². The summed E-state index contributed by atoms with van der Waals surface area (Å²) in [6.07, 6.45) is 1.22. The normalized spacial score (nSPS) is 17.4. The Morgan fingerprint density at radius 1 is 1.30 bits per heavy atom. The zero-order valence-electron chi connectivity index (χ0n) is 7.46. The molecule has 62 valence electrons. The van der Waals surface area contributed by atoms with E-state index in [0.29, 0.717) is 12.1 Å². The van der Waals surface area contributed by atoms with Crippen molar-refractivity contribution in [2.24, 2.45) is 0 Å². The second kappa shape index (κ2) is 5.03. The van der Waals surface area contributed by atoms with E-state index in [1.165, 1.54) is 6.42 Å². The zero-order valence-corrected chi connectivity index (χ0v) is 8.36. The third-order valence-corrected chi connectivity index (χ3v) is 2.77. The number of nitrogens with zero attached hydrogens (tertiary/aromatic N) is 1. The molecule has 10 heavy (non-hydrogen) atoms. The van der Waals surface area contributed by atoms with Crippen molar-refractivity contribution in [3.63, 3.8) is 0 Å². The predicted molar refractivity (Wildman–Crippen MR) is 50.8 cm³/mol. The van der Waals surface area contributed by atoms with Crippen LogP contribution in [-0.4, -0.2) is 29.8 Å². The Hall–Kier alpha value is 0.310. The van der Waals surface area contributed by atoms with E-state index in [1.54, 1.807) is 0 Å². The van der Waals surface area contributed by atoms with Crippen LogP contribution in [0.3, 0.4) is 0 Å². The van der Waals surface area contributed by atoms with Gasteiger partial charge in [0.25, 0.3) is 0 Å². The number of thiol groups is 1. The average Bonchev–Trinajstić information content (AvgIpc) is 2.00. The minimum Gasteiger partial charge on any atom is -0.300 e. The molecule has 0 aromatic carbocycles. The Bertz CT molecular complexity index is 75.3. The van der Waals surface area contributed by atoms with E-state index < -0.39 is 0 Å². The van der Waals surface area contributed by atoms with Crippen LogP contribution >= 0.6 is 12.6 Å². The molecule has 0 saturated carbocycles. The molecule has 0 saturated heterocycles. The van der Waals surface area contributed by atoms with Crippen LogP contribution in [0.15, 0.2) is 0 Å². The topological polar surface area (TPSA) is 3.24 Å². The van der Waals surface area contributed by atoms with Crippen molar-refractivity contribution in [3.8, 4) is 0 Å². The lowest BCUT2D eigenvalue weighted by Gasteiger charge is -2.28. The largest absolute Gasteiger partial charge is 0.300 e. The molecular weight excluding hydrogens is 142 g/mol. The maximum atomic E-state index is 4.25. The fourth-order valence-corrected chi connectivity index (χ4v) is 1.11. The van der Waals surface area contributed by atoms with Gasteiger partial charge in [0.15, 0.2) is 0 Å². The molecule has 0 rings (SSSR count). The summed E-state index contributed by atoms with van der Waals surface area (Å²) in [6.45, 7) is 6.67. The lowest BCUT2D eigenvalue weighted by Crippen LogP contribution is -2.37. The Labute approximate surface area is 70.2 Å². The molecule has 0 aliphatic heterocycles. The van der Waals surface area contributed by atoms with Gasteiger partial charge >= 0.3 is 0 Å². The number of hydrogen-bond donors (Lipinski definition) is 1. The first kappa shape index (κ1) is 10.3. The molecule has 1 nitrogen and oxygen atoms in total. The van der Waals surface area contributed by atoms with Crippen LogP contribution in [0, 0.1) is 0 Å². The third kappa shape index (κ3) is 2.93. The Balaban J connectivity index is 3.69. The highest BCUT2D eigenvalue weighted by Crippen LogP contribution is 2.05. The molecule has 0 fully saturated rings. The maximum Gasteiger partial charge on any atom is 0.0155 e. The Morgan fingerprint density at radius 2 is 1.80 bits per heavy atom. The third-order valence-electron chi connectivity index (χ3n) is 2.25. The van der Waals surface area contributed by atoms with E-state index in [-0.39, 0.29) is 0 Å². The molecule has 0 aromatic rings. The predicted octanol–water partition coefficient (Wildman–Crippen LogP) is 2.04. The lowest BCUT2D eigenvalue weighted by atomic mass is 10.2. The van der Waals surface area contributed by atoms with Crippen LogP contribution in [-0.2, 0) is 0 Å². The van der Waals surface area contributed by atoms with Crippen molar-refractivity contribution in [1.82, 2.24) is 4.90 Å². The fourth-order valence-electron chi connectivity index (χ4n) is 0.851. The van der Waals surface area contributed by atoms with Crippen molar-refractivity contribution < 1.29 is 0 Å². The first-order valence-electron chi connectivity index (χ1n) is 3.96. The summed E-state index contributed by atoms with van der Waals surface area (Å²) in [6, 6.07) is 1.28. The molecule has 0 aromatic heterocycles. The summed E-state index contributed by atoms with van der Waals surface area (Å²) >= 11 is 4.25. The fraction of sp³-hybridized carbons (Fsp3) is 1.00. The summed E-state index contributed by atoms with van der Waals surface area (Å²) in [7, 11) is 2.16. The second-order valence-corrected chi connectivity index (χ2v) is 3.32. The van der Waals surface area contributed by atoms with E-state index in [4.69, 9.17) is 0 Å². The van der Waals surface area contributed by atoms with Gasteiger partial charge in [-0.1, -0.05) is 6.92 Å². The zero-order chi connectivity index (χ0) is 8.15. The van der Waals surface area contributed by atoms with Gasteiger partial charge in [-0.25, -0.2) is 0 Å². The minimum absolute atomic E-state index is 0.596. The quantitative estimate of drug-likeness (QED) is 0.618. The Morgan fingerprint density at radius 3 is 2.10 bits per heavy atom. The highest BCUT2D eigenvalue weighted by molar-refractivity contribution is 7.80. The van der Waals surface area contributed by atoms with E-state index >= 15 is 0 Å². The minimum atomic E-state index is 0.596. The SMILES string of the molecule is CC[C@@H](C)N(C)[C@H](C)CS. The van der Waals surface area contributed by atoms with E-state index in [9.17, 15) is 0 Å². The van der Waals surface area contributed by atoms with Gasteiger partial charge in [0, 0.05) is 17.8 Å². The van der Waals surface area contributed by atoms with Gasteiger partial charge in [-0.05, 0) is 27.3 Å². The summed E-state index contributed by atoms with van der Waals surface area (Å²) in [4.78, 5) is 2.37. The summed E-state index contributed by atoms with van der Waals surface area (Å²) in [5.41, 5.74) is 0. The van der Waals surface area contributed by atoms with Crippen LogP contribution < -0.4 is 0 Å². The van der Waals surface area contributed by atoms with Crippen LogP contribution in [0.1, 0.15) is 27.2 Å². The van der Waals surface area contributed by atoms with Crippen molar-refractivity contribution >= 4 is 12.6 Å². The molecule has 0 spiro atoms. The van der Waals surface area contributed by atoms with Gasteiger partial charge in [0.05, 0.1) is 0 Å². The molecule has 0 radical (unpaired) electrons. The van der Waals surface area contributed by atoms with E-state index in [1.807, 2.05) is 0 Å². The summed E-state index contributed by atoms with van der Waals surface area (Å²) in [5, 5.41) is 0. The Kier molecular flexibility index (Phi) is 5.18. The van der Waals surface area contributed by atoms with Crippen LogP contribution in [0.5, 0.6) is 0 Å². The highest BCUT2D eigenvalue weighted by Gasteiger charge is 2.11. The molecule has 2 atom stereocenters. The van der Waals surface area contributed by atoms with Crippen LogP contribution in [0.4, 0.5) is 0 Å². The molecule has 0 aliphatic rings. The molecule has 0 heterocycles. The molecular formula is C8H19NS. The first-order valence-corrected chi connectivity index (χ1v) is 4.59. The average molecular weight is 161 g/mol. The van der Waals surface area contributed by atoms with Gasteiger partial charge in [-0.3, -0.25) is 0 Å². The summed E-state index contributed by atoms with van der Waals surface area (Å²) in [5.74, 6) is 0.945. The monoisotopic (exact) mass is 161 g/mol. The van der Waals surface area contributed by atoms with Gasteiger partial charge in [0.1, 0.15) is 0 Å². The highest BCUT2D eigenvalue weighted by atomic mass is 32.1. The van der Waals surface area contributed by atoms with Crippen LogP contribution in [0.2, 0.25) is 0 Å². The van der Waals surface area contributed by atoms with Crippen LogP contribution in [0.25, 0.3) is 0 Å². The summed E-state index contributed by atoms with van der Waals surface area (Å²) < 4.78 is 0. The van der Waals surface area contributed by atoms with E-state index in [2.05, 4.69) is 45.3 Å². The molecule has 0 aliphatic carbocycles. The van der Waals surface area contributed by atoms with Gasteiger partial charge < -0.3 is 4.90 Å². The van der Waals surface area contributed by atoms with Crippen molar-refractivity contribution in [3.05, 3.63) is 0 Å². The molecule has 0 bridgehead atoms. The molecule has 2 heteroatoms.